The molecule has 0 aliphatic heterocycles. The lowest BCUT2D eigenvalue weighted by molar-refractivity contribution is -0.117. The van der Waals surface area contributed by atoms with Crippen LogP contribution in [0.1, 0.15) is 19.4 Å². The molecule has 0 bridgehead atoms. The molecule has 0 amide bonds. The Labute approximate surface area is 89.1 Å². The van der Waals surface area contributed by atoms with E-state index >= 15 is 0 Å². The van der Waals surface area contributed by atoms with Gasteiger partial charge in [-0.1, -0.05) is 26.0 Å². The number of hydrogen-bond acceptors (Lipinski definition) is 2. The maximum Gasteiger partial charge on any atom is 0.127 e. The Morgan fingerprint density at radius 1 is 1.33 bits per heavy atom. The number of ether oxygens (including phenoxy) is 1. The molecule has 0 N–H and O–H groups in total. The van der Waals surface area contributed by atoms with Crippen molar-refractivity contribution in [2.75, 3.05) is 6.61 Å². The van der Waals surface area contributed by atoms with Crippen molar-refractivity contribution in [2.24, 2.45) is 5.41 Å². The van der Waals surface area contributed by atoms with Crippen molar-refractivity contribution in [1.82, 2.24) is 0 Å². The molecular formula is C12H15FO2. The zero-order valence-corrected chi connectivity index (χ0v) is 9.00. The molecule has 0 aromatic heterocycles. The second-order valence-electron chi connectivity index (χ2n) is 4.23. The predicted octanol–water partition coefficient (Wildman–Crippen LogP) is 2.57. The van der Waals surface area contributed by atoms with Gasteiger partial charge in [-0.05, 0) is 17.7 Å². The summed E-state index contributed by atoms with van der Waals surface area (Å²) in [7, 11) is 0. The molecule has 0 aliphatic rings. The lowest BCUT2D eigenvalue weighted by Gasteiger charge is -2.16. The minimum atomic E-state index is -0.458. The standard InChI is InChI=1S/C12H15FO2/c1-12(2,8-14)9-15-7-10-3-5-11(13)6-4-10/h3-6,8H,7,9H2,1-2H3. The fourth-order valence-corrected chi connectivity index (χ4v) is 1.05. The van der Waals surface area contributed by atoms with Crippen molar-refractivity contribution in [3.8, 4) is 0 Å². The summed E-state index contributed by atoms with van der Waals surface area (Å²) >= 11 is 0. The molecular weight excluding hydrogens is 195 g/mol. The molecule has 82 valence electrons. The van der Waals surface area contributed by atoms with Gasteiger partial charge in [-0.25, -0.2) is 4.39 Å². The summed E-state index contributed by atoms with van der Waals surface area (Å²) < 4.78 is 17.9. The Kier molecular flexibility index (Phi) is 3.97. The number of aldehydes is 1. The maximum atomic E-state index is 12.6. The first-order chi connectivity index (χ1) is 7.03. The largest absolute Gasteiger partial charge is 0.376 e. The van der Waals surface area contributed by atoms with Crippen molar-refractivity contribution in [3.63, 3.8) is 0 Å². The minimum absolute atomic E-state index is 0.257. The van der Waals surface area contributed by atoms with E-state index in [-0.39, 0.29) is 5.82 Å². The van der Waals surface area contributed by atoms with Gasteiger partial charge in [-0.2, -0.15) is 0 Å². The van der Waals surface area contributed by atoms with Crippen LogP contribution in [0.15, 0.2) is 24.3 Å². The summed E-state index contributed by atoms with van der Waals surface area (Å²) in [6, 6.07) is 6.12. The van der Waals surface area contributed by atoms with Gasteiger partial charge in [0.2, 0.25) is 0 Å². The molecule has 0 fully saturated rings. The molecule has 2 nitrogen and oxygen atoms in total. The Morgan fingerprint density at radius 3 is 2.47 bits per heavy atom. The van der Waals surface area contributed by atoms with Crippen LogP contribution in [0.25, 0.3) is 0 Å². The molecule has 1 aromatic rings. The third-order valence-corrected chi connectivity index (χ3v) is 1.98. The van der Waals surface area contributed by atoms with Gasteiger partial charge in [0.25, 0.3) is 0 Å². The third-order valence-electron chi connectivity index (χ3n) is 1.98. The van der Waals surface area contributed by atoms with E-state index in [0.717, 1.165) is 11.8 Å². The van der Waals surface area contributed by atoms with Crippen LogP contribution in [-0.4, -0.2) is 12.9 Å². The van der Waals surface area contributed by atoms with Crippen LogP contribution in [0.2, 0.25) is 0 Å². The van der Waals surface area contributed by atoms with E-state index in [0.29, 0.717) is 13.2 Å². The SMILES string of the molecule is CC(C)(C=O)COCc1ccc(F)cc1. The molecule has 0 heterocycles. The fourth-order valence-electron chi connectivity index (χ4n) is 1.05. The summed E-state index contributed by atoms with van der Waals surface area (Å²) in [6.45, 7) is 4.39. The molecule has 3 heteroatoms. The second kappa shape index (κ2) is 5.03. The number of halogens is 1. The average molecular weight is 210 g/mol. The van der Waals surface area contributed by atoms with E-state index in [1.807, 2.05) is 13.8 Å². The summed E-state index contributed by atoms with van der Waals surface area (Å²) in [5.74, 6) is -0.257. The number of rotatable bonds is 5. The van der Waals surface area contributed by atoms with Crippen LogP contribution in [0.4, 0.5) is 4.39 Å². The van der Waals surface area contributed by atoms with Crippen LogP contribution in [0.3, 0.4) is 0 Å². The molecule has 0 aliphatic carbocycles. The summed E-state index contributed by atoms with van der Waals surface area (Å²) in [6.07, 6.45) is 0.873. The average Bonchev–Trinajstić information content (AvgIpc) is 2.21. The molecule has 0 spiro atoms. The van der Waals surface area contributed by atoms with Crippen molar-refractivity contribution >= 4 is 6.29 Å². The topological polar surface area (TPSA) is 26.3 Å². The zero-order chi connectivity index (χ0) is 11.3. The van der Waals surface area contributed by atoms with E-state index in [1.54, 1.807) is 12.1 Å². The normalized spacial score (nSPS) is 11.4. The van der Waals surface area contributed by atoms with Crippen molar-refractivity contribution < 1.29 is 13.9 Å². The van der Waals surface area contributed by atoms with Gasteiger partial charge >= 0.3 is 0 Å². The molecule has 0 saturated carbocycles. The fraction of sp³-hybridized carbons (Fsp3) is 0.417. The molecule has 0 saturated heterocycles. The van der Waals surface area contributed by atoms with Gasteiger partial charge in [0.05, 0.1) is 13.2 Å². The zero-order valence-electron chi connectivity index (χ0n) is 9.00. The predicted molar refractivity (Wildman–Crippen MR) is 55.9 cm³/mol. The van der Waals surface area contributed by atoms with Gasteiger partial charge in [-0.15, -0.1) is 0 Å². The quantitative estimate of drug-likeness (QED) is 0.698. The van der Waals surface area contributed by atoms with E-state index < -0.39 is 5.41 Å². The van der Waals surface area contributed by atoms with Gasteiger partial charge < -0.3 is 9.53 Å². The highest BCUT2D eigenvalue weighted by atomic mass is 19.1. The van der Waals surface area contributed by atoms with Crippen LogP contribution in [0.5, 0.6) is 0 Å². The van der Waals surface area contributed by atoms with Gasteiger partial charge in [0.1, 0.15) is 12.1 Å². The van der Waals surface area contributed by atoms with Gasteiger partial charge in [0.15, 0.2) is 0 Å². The third kappa shape index (κ3) is 4.21. The first-order valence-corrected chi connectivity index (χ1v) is 4.82. The van der Waals surface area contributed by atoms with Crippen LogP contribution < -0.4 is 0 Å². The molecule has 15 heavy (non-hydrogen) atoms. The van der Waals surface area contributed by atoms with E-state index in [2.05, 4.69) is 0 Å². The van der Waals surface area contributed by atoms with Crippen LogP contribution >= 0.6 is 0 Å². The van der Waals surface area contributed by atoms with E-state index in [4.69, 9.17) is 4.74 Å². The van der Waals surface area contributed by atoms with Crippen LogP contribution in [-0.2, 0) is 16.1 Å². The summed E-state index contributed by atoms with van der Waals surface area (Å²) in [5, 5.41) is 0. The first-order valence-electron chi connectivity index (χ1n) is 4.82. The van der Waals surface area contributed by atoms with Crippen molar-refractivity contribution in [3.05, 3.63) is 35.6 Å². The molecule has 1 rings (SSSR count). The number of benzene rings is 1. The minimum Gasteiger partial charge on any atom is -0.376 e. The van der Waals surface area contributed by atoms with Gasteiger partial charge in [-0.3, -0.25) is 0 Å². The lowest BCUT2D eigenvalue weighted by atomic mass is 9.98. The van der Waals surface area contributed by atoms with Gasteiger partial charge in [0, 0.05) is 5.41 Å². The molecule has 1 aromatic carbocycles. The maximum absolute atomic E-state index is 12.6. The second-order valence-corrected chi connectivity index (χ2v) is 4.23. The molecule has 0 atom stereocenters. The van der Waals surface area contributed by atoms with Crippen molar-refractivity contribution in [1.29, 1.82) is 0 Å². The first kappa shape index (κ1) is 11.9. The number of carbonyl (C=O) groups is 1. The monoisotopic (exact) mass is 210 g/mol. The van der Waals surface area contributed by atoms with Crippen molar-refractivity contribution in [2.45, 2.75) is 20.5 Å². The summed E-state index contributed by atoms with van der Waals surface area (Å²) in [5.41, 5.74) is 0.443. The Balaban J connectivity index is 2.38. The molecule has 0 radical (unpaired) electrons. The highest BCUT2D eigenvalue weighted by molar-refractivity contribution is 5.57. The Bertz CT molecular complexity index is 317. The Hall–Kier alpha value is -1.22. The number of hydrogen-bond donors (Lipinski definition) is 0. The Morgan fingerprint density at radius 2 is 1.93 bits per heavy atom. The number of carbonyl (C=O) groups excluding carboxylic acids is 1. The molecule has 0 unspecified atom stereocenters. The summed E-state index contributed by atoms with van der Waals surface area (Å²) in [4.78, 5) is 10.6. The highest BCUT2D eigenvalue weighted by Gasteiger charge is 2.16. The lowest BCUT2D eigenvalue weighted by Crippen LogP contribution is -2.20. The van der Waals surface area contributed by atoms with E-state index in [9.17, 15) is 9.18 Å². The van der Waals surface area contributed by atoms with E-state index in [1.165, 1.54) is 12.1 Å². The van der Waals surface area contributed by atoms with Crippen LogP contribution in [0, 0.1) is 11.2 Å². The smallest absolute Gasteiger partial charge is 0.127 e. The highest BCUT2D eigenvalue weighted by Crippen LogP contribution is 2.12.